The third-order valence-corrected chi connectivity index (χ3v) is 4.44. The average molecular weight is 376 g/mol. The predicted molar refractivity (Wildman–Crippen MR) is 108 cm³/mol. The molecule has 0 bridgehead atoms. The molecule has 0 atom stereocenters. The lowest BCUT2D eigenvalue weighted by Crippen LogP contribution is -2.49. The molecule has 1 amide bonds. The average Bonchev–Trinajstić information content (AvgIpc) is 2.63. The number of halogens is 1. The SMILES string of the molecule is CCOc1ccccc1N1CCN(C(=O)Cc2cccc(N)c2)CC1.Cl. The van der Waals surface area contributed by atoms with E-state index in [1.807, 2.05) is 54.3 Å². The molecule has 1 saturated heterocycles. The molecule has 1 heterocycles. The smallest absolute Gasteiger partial charge is 0.227 e. The molecule has 0 spiro atoms. The van der Waals surface area contributed by atoms with Gasteiger partial charge in [0, 0.05) is 31.9 Å². The zero-order valence-electron chi connectivity index (χ0n) is 15.1. The normalized spacial score (nSPS) is 13.9. The first-order valence-electron chi connectivity index (χ1n) is 8.76. The summed E-state index contributed by atoms with van der Waals surface area (Å²) in [6.45, 7) is 5.71. The van der Waals surface area contributed by atoms with Crippen molar-refractivity contribution in [2.45, 2.75) is 13.3 Å². The summed E-state index contributed by atoms with van der Waals surface area (Å²) in [4.78, 5) is 16.8. The number of anilines is 2. The Morgan fingerprint density at radius 3 is 2.50 bits per heavy atom. The fraction of sp³-hybridized carbons (Fsp3) is 0.350. The van der Waals surface area contributed by atoms with Gasteiger partial charge in [0.2, 0.25) is 5.91 Å². The van der Waals surface area contributed by atoms with Crippen molar-refractivity contribution in [3.05, 3.63) is 54.1 Å². The van der Waals surface area contributed by atoms with Gasteiger partial charge in [-0.1, -0.05) is 24.3 Å². The Morgan fingerprint density at radius 2 is 1.81 bits per heavy atom. The van der Waals surface area contributed by atoms with Crippen LogP contribution in [-0.2, 0) is 11.2 Å². The van der Waals surface area contributed by atoms with Gasteiger partial charge in [-0.05, 0) is 36.8 Å². The van der Waals surface area contributed by atoms with E-state index in [0.717, 1.165) is 43.2 Å². The van der Waals surface area contributed by atoms with E-state index in [9.17, 15) is 4.79 Å². The van der Waals surface area contributed by atoms with Gasteiger partial charge in [0.05, 0.1) is 18.7 Å². The minimum atomic E-state index is 0. The fourth-order valence-corrected chi connectivity index (χ4v) is 3.18. The van der Waals surface area contributed by atoms with Crippen molar-refractivity contribution in [1.29, 1.82) is 0 Å². The van der Waals surface area contributed by atoms with E-state index in [1.165, 1.54) is 0 Å². The molecule has 5 nitrogen and oxygen atoms in total. The van der Waals surface area contributed by atoms with Gasteiger partial charge in [0.1, 0.15) is 5.75 Å². The number of hydrogen-bond acceptors (Lipinski definition) is 4. The van der Waals surface area contributed by atoms with Crippen LogP contribution in [0.5, 0.6) is 5.75 Å². The first-order chi connectivity index (χ1) is 12.2. The molecule has 0 aliphatic carbocycles. The Labute approximate surface area is 161 Å². The molecule has 2 N–H and O–H groups in total. The second-order valence-corrected chi connectivity index (χ2v) is 6.19. The zero-order chi connectivity index (χ0) is 17.6. The molecule has 0 saturated carbocycles. The Hall–Kier alpha value is -2.40. The number of nitrogens with zero attached hydrogens (tertiary/aromatic N) is 2. The number of nitrogen functional groups attached to an aromatic ring is 1. The topological polar surface area (TPSA) is 58.8 Å². The van der Waals surface area contributed by atoms with E-state index in [1.54, 1.807) is 0 Å². The van der Waals surface area contributed by atoms with Crippen molar-refractivity contribution in [3.8, 4) is 5.75 Å². The number of ether oxygens (including phenoxy) is 1. The third kappa shape index (κ3) is 4.82. The highest BCUT2D eigenvalue weighted by atomic mass is 35.5. The highest BCUT2D eigenvalue weighted by Gasteiger charge is 2.22. The quantitative estimate of drug-likeness (QED) is 0.816. The number of carbonyl (C=O) groups is 1. The summed E-state index contributed by atoms with van der Waals surface area (Å²) in [6.07, 6.45) is 0.403. The maximum Gasteiger partial charge on any atom is 0.227 e. The summed E-state index contributed by atoms with van der Waals surface area (Å²) in [5.74, 6) is 1.06. The lowest BCUT2D eigenvalue weighted by atomic mass is 10.1. The lowest BCUT2D eigenvalue weighted by Gasteiger charge is -2.36. The molecular formula is C20H26ClN3O2. The van der Waals surface area contributed by atoms with Crippen molar-refractivity contribution >= 4 is 29.7 Å². The van der Waals surface area contributed by atoms with Crippen molar-refractivity contribution in [3.63, 3.8) is 0 Å². The van der Waals surface area contributed by atoms with E-state index >= 15 is 0 Å². The molecule has 0 aromatic heterocycles. The molecule has 1 aliphatic heterocycles. The molecule has 140 valence electrons. The Balaban J connectivity index is 0.00000243. The summed E-state index contributed by atoms with van der Waals surface area (Å²) >= 11 is 0. The van der Waals surface area contributed by atoms with Crippen LogP contribution in [0.4, 0.5) is 11.4 Å². The number of amides is 1. The number of nitrogens with two attached hydrogens (primary N) is 1. The maximum absolute atomic E-state index is 12.5. The van der Waals surface area contributed by atoms with E-state index in [-0.39, 0.29) is 18.3 Å². The Kier molecular flexibility index (Phi) is 7.16. The maximum atomic E-state index is 12.5. The number of para-hydroxylation sites is 2. The van der Waals surface area contributed by atoms with Crippen molar-refractivity contribution < 1.29 is 9.53 Å². The van der Waals surface area contributed by atoms with Gasteiger partial charge in [-0.3, -0.25) is 4.79 Å². The summed E-state index contributed by atoms with van der Waals surface area (Å²) in [7, 11) is 0. The van der Waals surface area contributed by atoms with E-state index in [2.05, 4.69) is 11.0 Å². The molecule has 1 aliphatic rings. The molecular weight excluding hydrogens is 350 g/mol. The monoisotopic (exact) mass is 375 g/mol. The molecule has 0 unspecified atom stereocenters. The third-order valence-electron chi connectivity index (χ3n) is 4.44. The molecule has 26 heavy (non-hydrogen) atoms. The van der Waals surface area contributed by atoms with Crippen LogP contribution >= 0.6 is 12.4 Å². The van der Waals surface area contributed by atoms with Gasteiger partial charge in [0.25, 0.3) is 0 Å². The Bertz CT molecular complexity index is 731. The largest absolute Gasteiger partial charge is 0.492 e. The number of carbonyl (C=O) groups excluding carboxylic acids is 1. The van der Waals surface area contributed by atoms with Gasteiger partial charge in [-0.25, -0.2) is 0 Å². The highest BCUT2D eigenvalue weighted by Crippen LogP contribution is 2.28. The predicted octanol–water partition coefficient (Wildman–Crippen LogP) is 2.98. The van der Waals surface area contributed by atoms with Crippen LogP contribution in [0, 0.1) is 0 Å². The van der Waals surface area contributed by atoms with Gasteiger partial charge in [-0.15, -0.1) is 12.4 Å². The highest BCUT2D eigenvalue weighted by molar-refractivity contribution is 5.85. The number of rotatable bonds is 5. The van der Waals surface area contributed by atoms with Crippen LogP contribution < -0.4 is 15.4 Å². The second-order valence-electron chi connectivity index (χ2n) is 6.19. The van der Waals surface area contributed by atoms with E-state index < -0.39 is 0 Å². The molecule has 6 heteroatoms. The second kappa shape index (κ2) is 9.34. The molecule has 3 rings (SSSR count). The number of benzene rings is 2. The van der Waals surface area contributed by atoms with Crippen LogP contribution in [0.15, 0.2) is 48.5 Å². The van der Waals surface area contributed by atoms with Crippen molar-refractivity contribution in [2.24, 2.45) is 0 Å². The zero-order valence-corrected chi connectivity index (χ0v) is 15.9. The summed E-state index contributed by atoms with van der Waals surface area (Å²) in [5.41, 5.74) is 8.56. The van der Waals surface area contributed by atoms with E-state index in [0.29, 0.717) is 18.7 Å². The minimum Gasteiger partial charge on any atom is -0.492 e. The Morgan fingerprint density at radius 1 is 1.08 bits per heavy atom. The van der Waals surface area contributed by atoms with Gasteiger partial charge in [0.15, 0.2) is 0 Å². The lowest BCUT2D eigenvalue weighted by molar-refractivity contribution is -0.130. The van der Waals surface area contributed by atoms with Gasteiger partial charge in [-0.2, -0.15) is 0 Å². The summed E-state index contributed by atoms with van der Waals surface area (Å²) in [6, 6.07) is 15.6. The van der Waals surface area contributed by atoms with Gasteiger partial charge >= 0.3 is 0 Å². The van der Waals surface area contributed by atoms with Crippen LogP contribution in [0.3, 0.4) is 0 Å². The molecule has 2 aromatic rings. The van der Waals surface area contributed by atoms with Crippen molar-refractivity contribution in [2.75, 3.05) is 43.4 Å². The van der Waals surface area contributed by atoms with Crippen LogP contribution in [0.25, 0.3) is 0 Å². The molecule has 1 fully saturated rings. The standard InChI is InChI=1S/C20H25N3O2.ClH/c1-2-25-19-9-4-3-8-18(19)22-10-12-23(13-11-22)20(24)15-16-6-5-7-17(21)14-16;/h3-9,14H,2,10-13,15,21H2,1H3;1H. The first kappa shape index (κ1) is 19.9. The summed E-state index contributed by atoms with van der Waals surface area (Å²) < 4.78 is 5.72. The van der Waals surface area contributed by atoms with E-state index in [4.69, 9.17) is 10.5 Å². The van der Waals surface area contributed by atoms with Crippen molar-refractivity contribution in [1.82, 2.24) is 4.90 Å². The molecule has 0 radical (unpaired) electrons. The summed E-state index contributed by atoms with van der Waals surface area (Å²) in [5, 5.41) is 0. The first-order valence-corrected chi connectivity index (χ1v) is 8.76. The minimum absolute atomic E-state index is 0. The van der Waals surface area contributed by atoms with Crippen LogP contribution in [-0.4, -0.2) is 43.6 Å². The molecule has 2 aromatic carbocycles. The van der Waals surface area contributed by atoms with Crippen LogP contribution in [0.2, 0.25) is 0 Å². The number of hydrogen-bond donors (Lipinski definition) is 1. The van der Waals surface area contributed by atoms with Crippen LogP contribution in [0.1, 0.15) is 12.5 Å². The van der Waals surface area contributed by atoms with Gasteiger partial charge < -0.3 is 20.3 Å². The number of piperazine rings is 1. The fourth-order valence-electron chi connectivity index (χ4n) is 3.18.